The predicted molar refractivity (Wildman–Crippen MR) is 68.7 cm³/mol. The highest BCUT2D eigenvalue weighted by atomic mass is 35.5. The molecule has 18 heavy (non-hydrogen) atoms. The van der Waals surface area contributed by atoms with Crippen LogP contribution < -0.4 is 5.32 Å². The maximum Gasteiger partial charge on any atom is 0.310 e. The smallest absolute Gasteiger partial charge is 0.310 e. The Hall–Kier alpha value is -1.10. The molecule has 3 unspecified atom stereocenters. The summed E-state index contributed by atoms with van der Waals surface area (Å²) in [5.41, 5.74) is 1.01. The van der Waals surface area contributed by atoms with E-state index in [0.717, 1.165) is 5.56 Å². The quantitative estimate of drug-likeness (QED) is 0.774. The molecule has 1 aliphatic heterocycles. The van der Waals surface area contributed by atoms with Crippen LogP contribution in [0.4, 0.5) is 0 Å². The molecule has 0 aromatic heterocycles. The number of rotatable bonds is 3. The highest BCUT2D eigenvalue weighted by Gasteiger charge is 2.33. The number of carboxylic acid groups (broad SMARTS) is 1. The highest BCUT2D eigenvalue weighted by molar-refractivity contribution is 6.31. The van der Waals surface area contributed by atoms with Gasteiger partial charge in [-0.2, -0.15) is 0 Å². The van der Waals surface area contributed by atoms with Crippen LogP contribution in [0.5, 0.6) is 0 Å². The monoisotopic (exact) mass is 269 g/mol. The molecule has 0 aliphatic carbocycles. The first-order valence-electron chi connectivity index (χ1n) is 5.95. The van der Waals surface area contributed by atoms with E-state index in [9.17, 15) is 9.90 Å². The summed E-state index contributed by atoms with van der Waals surface area (Å²) in [5, 5.41) is 22.6. The Morgan fingerprint density at radius 1 is 1.44 bits per heavy atom. The maximum atomic E-state index is 10.9. The largest absolute Gasteiger partial charge is 0.481 e. The summed E-state index contributed by atoms with van der Waals surface area (Å²) in [7, 11) is 0. The second-order valence-electron chi connectivity index (χ2n) is 4.65. The fourth-order valence-corrected chi connectivity index (χ4v) is 2.52. The molecule has 4 nitrogen and oxygen atoms in total. The van der Waals surface area contributed by atoms with Gasteiger partial charge < -0.3 is 15.5 Å². The molecule has 0 radical (unpaired) electrons. The van der Waals surface area contributed by atoms with Gasteiger partial charge in [0, 0.05) is 17.6 Å². The van der Waals surface area contributed by atoms with E-state index in [-0.39, 0.29) is 6.04 Å². The van der Waals surface area contributed by atoms with Gasteiger partial charge in [-0.1, -0.05) is 29.8 Å². The van der Waals surface area contributed by atoms with Crippen molar-refractivity contribution in [1.29, 1.82) is 0 Å². The summed E-state index contributed by atoms with van der Waals surface area (Å²) in [6, 6.07) is 7.63. The normalized spacial score (nSPS) is 28.0. The molecule has 0 saturated carbocycles. The Morgan fingerprint density at radius 3 is 2.78 bits per heavy atom. The minimum Gasteiger partial charge on any atom is -0.481 e. The first-order chi connectivity index (χ1) is 8.58. The lowest BCUT2D eigenvalue weighted by atomic mass is 9.89. The van der Waals surface area contributed by atoms with Crippen molar-refractivity contribution in [2.24, 2.45) is 5.92 Å². The van der Waals surface area contributed by atoms with Crippen molar-refractivity contribution >= 4 is 17.6 Å². The predicted octanol–water partition coefficient (Wildman–Crippen LogP) is 1.31. The fourth-order valence-electron chi connectivity index (χ4n) is 2.31. The minimum absolute atomic E-state index is 0.0653. The van der Waals surface area contributed by atoms with Crippen molar-refractivity contribution in [2.75, 3.05) is 6.54 Å². The van der Waals surface area contributed by atoms with Crippen LogP contribution in [0.1, 0.15) is 12.0 Å². The fraction of sp³-hybridized carbons (Fsp3) is 0.462. The lowest BCUT2D eigenvalue weighted by Gasteiger charge is -2.32. The number of benzene rings is 1. The highest BCUT2D eigenvalue weighted by Crippen LogP contribution is 2.22. The Kier molecular flexibility index (Phi) is 4.22. The number of aliphatic hydroxyl groups excluding tert-OH is 1. The summed E-state index contributed by atoms with van der Waals surface area (Å²) >= 11 is 6.07. The van der Waals surface area contributed by atoms with Crippen molar-refractivity contribution < 1.29 is 15.0 Å². The standard InChI is InChI=1S/C13H16ClNO3/c14-11-4-2-1-3-8(11)5-9-6-12(16)10(7-15-9)13(17)18/h1-4,9-10,12,15-16H,5-7H2,(H,17,18). The summed E-state index contributed by atoms with van der Waals surface area (Å²) in [6.07, 6.45) is 0.335. The number of aliphatic carboxylic acids is 1. The molecule has 1 heterocycles. The van der Waals surface area contributed by atoms with Gasteiger partial charge in [0.25, 0.3) is 0 Å². The second-order valence-corrected chi connectivity index (χ2v) is 5.06. The average Bonchev–Trinajstić information content (AvgIpc) is 2.32. The van der Waals surface area contributed by atoms with Crippen LogP contribution in [0.3, 0.4) is 0 Å². The van der Waals surface area contributed by atoms with Crippen LogP contribution in [0, 0.1) is 5.92 Å². The van der Waals surface area contributed by atoms with Gasteiger partial charge in [0.15, 0.2) is 0 Å². The number of carboxylic acids is 1. The summed E-state index contributed by atoms with van der Waals surface area (Å²) in [6.45, 7) is 0.297. The van der Waals surface area contributed by atoms with Gasteiger partial charge in [0.2, 0.25) is 0 Å². The molecule has 98 valence electrons. The van der Waals surface area contributed by atoms with Gasteiger partial charge in [-0.05, 0) is 24.5 Å². The van der Waals surface area contributed by atoms with Crippen LogP contribution in [0.25, 0.3) is 0 Å². The van der Waals surface area contributed by atoms with Crippen LogP contribution in [0.2, 0.25) is 5.02 Å². The third-order valence-electron chi connectivity index (χ3n) is 3.36. The number of hydrogen-bond donors (Lipinski definition) is 3. The molecule has 0 amide bonds. The zero-order chi connectivity index (χ0) is 13.1. The zero-order valence-electron chi connectivity index (χ0n) is 9.84. The molecule has 1 aliphatic rings. The number of piperidine rings is 1. The molecule has 2 rings (SSSR count). The van der Waals surface area contributed by atoms with E-state index in [0.29, 0.717) is 24.4 Å². The zero-order valence-corrected chi connectivity index (χ0v) is 10.6. The van der Waals surface area contributed by atoms with E-state index in [1.807, 2.05) is 24.3 Å². The molecule has 1 fully saturated rings. The van der Waals surface area contributed by atoms with Crippen LogP contribution >= 0.6 is 11.6 Å². The number of aliphatic hydroxyl groups is 1. The third kappa shape index (κ3) is 3.02. The Bertz CT molecular complexity index is 438. The molecule has 1 aromatic rings. The third-order valence-corrected chi connectivity index (χ3v) is 3.73. The molecule has 1 saturated heterocycles. The lowest BCUT2D eigenvalue weighted by Crippen LogP contribution is -2.50. The second kappa shape index (κ2) is 5.69. The topological polar surface area (TPSA) is 69.6 Å². The first kappa shape index (κ1) is 13.3. The van der Waals surface area contributed by atoms with Crippen molar-refractivity contribution in [3.05, 3.63) is 34.9 Å². The molecule has 0 spiro atoms. The Labute approximate surface area is 111 Å². The van der Waals surface area contributed by atoms with Crippen LogP contribution in [0.15, 0.2) is 24.3 Å². The van der Waals surface area contributed by atoms with Gasteiger partial charge in [-0.15, -0.1) is 0 Å². The molecule has 5 heteroatoms. The number of hydrogen-bond acceptors (Lipinski definition) is 3. The maximum absolute atomic E-state index is 10.9. The number of halogens is 1. The molecule has 0 bridgehead atoms. The van der Waals surface area contributed by atoms with Gasteiger partial charge in [-0.25, -0.2) is 0 Å². The Morgan fingerprint density at radius 2 is 2.17 bits per heavy atom. The lowest BCUT2D eigenvalue weighted by molar-refractivity contribution is -0.147. The van der Waals surface area contributed by atoms with Gasteiger partial charge >= 0.3 is 5.97 Å². The number of carbonyl (C=O) groups is 1. The van der Waals surface area contributed by atoms with Gasteiger partial charge in [0.05, 0.1) is 12.0 Å². The van der Waals surface area contributed by atoms with Gasteiger partial charge in [0.1, 0.15) is 0 Å². The Balaban J connectivity index is 1.97. The van der Waals surface area contributed by atoms with E-state index >= 15 is 0 Å². The van der Waals surface area contributed by atoms with Crippen molar-refractivity contribution in [2.45, 2.75) is 25.0 Å². The molecule has 3 N–H and O–H groups in total. The van der Waals surface area contributed by atoms with E-state index in [2.05, 4.69) is 5.32 Å². The molecular formula is C13H16ClNO3. The molecule has 1 aromatic carbocycles. The van der Waals surface area contributed by atoms with Crippen LogP contribution in [-0.2, 0) is 11.2 Å². The van der Waals surface area contributed by atoms with Crippen molar-refractivity contribution in [3.63, 3.8) is 0 Å². The van der Waals surface area contributed by atoms with Crippen molar-refractivity contribution in [1.82, 2.24) is 5.32 Å². The van der Waals surface area contributed by atoms with Gasteiger partial charge in [-0.3, -0.25) is 4.79 Å². The summed E-state index contributed by atoms with van der Waals surface area (Å²) < 4.78 is 0. The number of nitrogens with one attached hydrogen (secondary N) is 1. The SMILES string of the molecule is O=C(O)C1CNC(Cc2ccccc2Cl)CC1O. The summed E-state index contributed by atoms with van der Waals surface area (Å²) in [5.74, 6) is -1.67. The van der Waals surface area contributed by atoms with E-state index < -0.39 is 18.0 Å². The van der Waals surface area contributed by atoms with E-state index in [1.54, 1.807) is 0 Å². The van der Waals surface area contributed by atoms with Crippen molar-refractivity contribution in [3.8, 4) is 0 Å². The first-order valence-corrected chi connectivity index (χ1v) is 6.33. The minimum atomic E-state index is -0.953. The van der Waals surface area contributed by atoms with Crippen LogP contribution in [-0.4, -0.2) is 34.9 Å². The average molecular weight is 270 g/mol. The molecular weight excluding hydrogens is 254 g/mol. The van der Waals surface area contributed by atoms with E-state index in [1.165, 1.54) is 0 Å². The summed E-state index contributed by atoms with van der Waals surface area (Å²) in [4.78, 5) is 10.9. The molecule has 3 atom stereocenters. The van der Waals surface area contributed by atoms with E-state index in [4.69, 9.17) is 16.7 Å².